The summed E-state index contributed by atoms with van der Waals surface area (Å²) in [5.74, 6) is 1.21. The number of nitrogens with one attached hydrogen (secondary N) is 1. The van der Waals surface area contributed by atoms with Crippen molar-refractivity contribution in [2.24, 2.45) is 37.5 Å². The van der Waals surface area contributed by atoms with E-state index in [1.54, 1.807) is 18.2 Å². The summed E-state index contributed by atoms with van der Waals surface area (Å²) < 4.78 is 0. The van der Waals surface area contributed by atoms with Gasteiger partial charge in [-0.3, -0.25) is 14.6 Å². The second-order valence-corrected chi connectivity index (χ2v) is 14.5. The average molecular weight is 638 g/mol. The molecule has 234 valence electrons. The Morgan fingerprint density at radius 3 is 2.27 bits per heavy atom. The van der Waals surface area contributed by atoms with E-state index < -0.39 is 5.66 Å². The summed E-state index contributed by atoms with van der Waals surface area (Å²) in [7, 11) is 0. The molecule has 1 fully saturated rings. The maximum Gasteiger partial charge on any atom is 0.275 e. The van der Waals surface area contributed by atoms with E-state index in [2.05, 4.69) is 60.1 Å². The summed E-state index contributed by atoms with van der Waals surface area (Å²) in [4.78, 5) is 38.9. The van der Waals surface area contributed by atoms with Crippen LogP contribution >= 0.6 is 23.2 Å². The number of aliphatic imine (C=N–C) groups is 2. The summed E-state index contributed by atoms with van der Waals surface area (Å²) >= 11 is 12.8. The minimum atomic E-state index is -0.656. The molecule has 0 aromatic heterocycles. The van der Waals surface area contributed by atoms with E-state index in [9.17, 15) is 9.59 Å². The summed E-state index contributed by atoms with van der Waals surface area (Å²) in [6.07, 6.45) is 5.27. The average Bonchev–Trinajstić information content (AvgIpc) is 3.58. The molecular weight excluding hydrogens is 595 g/mol. The Balaban J connectivity index is 1.49. The Hall–Kier alpha value is -3.10. The molecule has 8 nitrogen and oxygen atoms in total. The van der Waals surface area contributed by atoms with E-state index in [0.29, 0.717) is 51.2 Å². The first kappa shape index (κ1) is 32.3. The zero-order chi connectivity index (χ0) is 31.6. The number of carbonyl (C=O) groups excluding carboxylic acids is 2. The molecule has 1 spiro atoms. The Morgan fingerprint density at radius 1 is 1.05 bits per heavy atom. The smallest absolute Gasteiger partial charge is 0.275 e. The highest BCUT2D eigenvalue weighted by atomic mass is 35.5. The molecular formula is C34H42Cl2N6O2. The first-order valence-electron chi connectivity index (χ1n) is 15.6. The van der Waals surface area contributed by atoms with Crippen LogP contribution in [0.5, 0.6) is 0 Å². The van der Waals surface area contributed by atoms with Crippen LogP contribution in [0.15, 0.2) is 62.7 Å². The molecule has 10 heteroatoms. The molecule has 1 N–H and O–H groups in total. The zero-order valence-corrected chi connectivity index (χ0v) is 27.8. The molecule has 5 rings (SSSR count). The largest absolute Gasteiger partial charge is 0.345 e. The highest BCUT2D eigenvalue weighted by Gasteiger charge is 2.52. The minimum absolute atomic E-state index is 0.0976. The van der Waals surface area contributed by atoms with Gasteiger partial charge in [0.2, 0.25) is 0 Å². The third kappa shape index (κ3) is 7.07. The first-order valence-corrected chi connectivity index (χ1v) is 16.3. The van der Waals surface area contributed by atoms with E-state index in [-0.39, 0.29) is 29.8 Å². The molecule has 0 radical (unpaired) electrons. The lowest BCUT2D eigenvalue weighted by molar-refractivity contribution is -0.133. The van der Waals surface area contributed by atoms with Crippen LogP contribution in [0, 0.1) is 17.3 Å². The van der Waals surface area contributed by atoms with Gasteiger partial charge in [-0.2, -0.15) is 5.11 Å². The number of hydrogen-bond donors (Lipinski definition) is 1. The predicted molar refractivity (Wildman–Crippen MR) is 177 cm³/mol. The predicted octanol–water partition coefficient (Wildman–Crippen LogP) is 8.29. The van der Waals surface area contributed by atoms with Crippen molar-refractivity contribution in [3.8, 4) is 0 Å². The first-order chi connectivity index (χ1) is 20.9. The van der Waals surface area contributed by atoms with Gasteiger partial charge >= 0.3 is 0 Å². The van der Waals surface area contributed by atoms with Crippen molar-refractivity contribution < 1.29 is 9.59 Å². The topological polar surface area (TPSA) is 98.9 Å². The Kier molecular flexibility index (Phi) is 9.61. The van der Waals surface area contributed by atoms with Crippen LogP contribution < -0.4 is 5.32 Å². The number of halogens is 2. The van der Waals surface area contributed by atoms with Crippen molar-refractivity contribution in [1.29, 1.82) is 0 Å². The maximum atomic E-state index is 14.5. The molecule has 2 aliphatic heterocycles. The number of benzene rings is 2. The van der Waals surface area contributed by atoms with Crippen LogP contribution in [0.1, 0.15) is 101 Å². The van der Waals surface area contributed by atoms with Crippen molar-refractivity contribution in [2.75, 3.05) is 13.2 Å². The highest BCUT2D eigenvalue weighted by molar-refractivity contribution is 6.47. The van der Waals surface area contributed by atoms with Crippen LogP contribution in [0.2, 0.25) is 10.0 Å². The monoisotopic (exact) mass is 636 g/mol. The molecule has 2 amide bonds. The normalized spacial score (nSPS) is 22.5. The Bertz CT molecular complexity index is 1460. The molecule has 0 saturated heterocycles. The van der Waals surface area contributed by atoms with Gasteiger partial charge in [-0.25, -0.2) is 4.99 Å². The SMILES string of the molecule is CC(C)CC[C@H](c1ccc(C(=O)NCC2=NCN=N2)cc1)N1C(=O)C(c2cc(Cl)cc(Cl)c2)=NC12CCC(C(C)(C)C)CC2. The molecule has 0 bridgehead atoms. The van der Waals surface area contributed by atoms with Gasteiger partial charge in [0, 0.05) is 21.2 Å². The van der Waals surface area contributed by atoms with Gasteiger partial charge in [0.25, 0.3) is 11.8 Å². The molecule has 2 aromatic rings. The molecule has 2 heterocycles. The van der Waals surface area contributed by atoms with E-state index >= 15 is 0 Å². The molecule has 2 aromatic carbocycles. The van der Waals surface area contributed by atoms with Gasteiger partial charge in [0.15, 0.2) is 12.5 Å². The number of nitrogens with zero attached hydrogens (tertiary/aromatic N) is 5. The summed E-state index contributed by atoms with van der Waals surface area (Å²) in [6, 6.07) is 12.6. The number of azo groups is 1. The summed E-state index contributed by atoms with van der Waals surface area (Å²) in [5, 5.41) is 11.5. The second-order valence-electron chi connectivity index (χ2n) is 13.7. The van der Waals surface area contributed by atoms with E-state index in [1.165, 1.54) is 0 Å². The summed E-state index contributed by atoms with van der Waals surface area (Å²) in [6.45, 7) is 11.8. The highest BCUT2D eigenvalue weighted by Crippen LogP contribution is 2.50. The van der Waals surface area contributed by atoms with Gasteiger partial charge in [-0.15, -0.1) is 5.11 Å². The Morgan fingerprint density at radius 2 is 1.70 bits per heavy atom. The van der Waals surface area contributed by atoms with Gasteiger partial charge in [0.05, 0.1) is 12.6 Å². The molecule has 3 aliphatic rings. The number of carbonyl (C=O) groups is 2. The quantitative estimate of drug-likeness (QED) is 0.299. The van der Waals surface area contributed by atoms with Crippen LogP contribution in [0.4, 0.5) is 0 Å². The van der Waals surface area contributed by atoms with Crippen molar-refractivity contribution >= 4 is 46.6 Å². The standard InChI is InChI=1S/C34H42Cl2N6O2/c1-21(2)6-11-28(22-7-9-23(10-8-22)31(43)37-19-29-38-20-39-41-29)42-32(44)30(24-16-26(35)18-27(36)17-24)40-34(42)14-12-25(13-15-34)33(3,4)5/h7-10,16-18,21,25,28H,6,11-15,19-20H2,1-5H3,(H,37,43)/t25?,28-,34?/m1/s1. The third-order valence-corrected chi connectivity index (χ3v) is 9.57. The zero-order valence-electron chi connectivity index (χ0n) is 26.2. The lowest BCUT2D eigenvalue weighted by Crippen LogP contribution is -2.51. The van der Waals surface area contributed by atoms with E-state index in [0.717, 1.165) is 44.1 Å². The number of rotatable bonds is 9. The van der Waals surface area contributed by atoms with Crippen molar-refractivity contribution in [2.45, 2.75) is 84.8 Å². The number of hydrogen-bond acceptors (Lipinski definition) is 6. The Labute approximate surface area is 270 Å². The maximum absolute atomic E-state index is 14.5. The minimum Gasteiger partial charge on any atom is -0.345 e. The van der Waals surface area contributed by atoms with Gasteiger partial charge in [0.1, 0.15) is 11.4 Å². The van der Waals surface area contributed by atoms with Crippen LogP contribution in [0.3, 0.4) is 0 Å². The van der Waals surface area contributed by atoms with Crippen LogP contribution in [-0.4, -0.2) is 47.1 Å². The van der Waals surface area contributed by atoms with Gasteiger partial charge < -0.3 is 10.2 Å². The number of amides is 2. The van der Waals surface area contributed by atoms with Crippen LogP contribution in [-0.2, 0) is 4.79 Å². The lowest BCUT2D eigenvalue weighted by atomic mass is 9.69. The van der Waals surface area contributed by atoms with E-state index in [4.69, 9.17) is 28.2 Å². The third-order valence-electron chi connectivity index (χ3n) is 9.13. The fourth-order valence-corrected chi connectivity index (χ4v) is 7.15. The van der Waals surface area contributed by atoms with Gasteiger partial charge in [-0.1, -0.05) is 70.0 Å². The molecule has 44 heavy (non-hydrogen) atoms. The molecule has 0 unspecified atom stereocenters. The van der Waals surface area contributed by atoms with E-state index in [1.807, 2.05) is 24.3 Å². The fraction of sp³-hybridized carbons (Fsp3) is 0.529. The molecule has 1 aliphatic carbocycles. The fourth-order valence-electron chi connectivity index (χ4n) is 6.63. The summed E-state index contributed by atoms with van der Waals surface area (Å²) in [5.41, 5.74) is 2.11. The lowest BCUT2D eigenvalue weighted by Gasteiger charge is -2.47. The molecule has 1 saturated carbocycles. The van der Waals surface area contributed by atoms with Crippen molar-refractivity contribution in [1.82, 2.24) is 10.2 Å². The van der Waals surface area contributed by atoms with Crippen LogP contribution in [0.25, 0.3) is 0 Å². The van der Waals surface area contributed by atoms with Gasteiger partial charge in [-0.05, 0) is 91.7 Å². The second kappa shape index (κ2) is 13.1. The number of amidine groups is 1. The van der Waals surface area contributed by atoms with Crippen molar-refractivity contribution in [3.63, 3.8) is 0 Å². The van der Waals surface area contributed by atoms with Crippen molar-refractivity contribution in [3.05, 3.63) is 69.2 Å². The molecule has 1 atom stereocenters.